The lowest BCUT2D eigenvalue weighted by Crippen LogP contribution is -1.98. The molecule has 0 bridgehead atoms. The minimum absolute atomic E-state index is 0.309. The number of pyridine rings is 1. The maximum Gasteiger partial charge on any atom is 0.235 e. The summed E-state index contributed by atoms with van der Waals surface area (Å²) in [6.45, 7) is 4.16. The summed E-state index contributed by atoms with van der Waals surface area (Å²) in [5, 5.41) is 13.6. The van der Waals surface area contributed by atoms with Gasteiger partial charge in [-0.05, 0) is 12.1 Å². The van der Waals surface area contributed by atoms with Crippen LogP contribution in [0.25, 0.3) is 15.7 Å². The summed E-state index contributed by atoms with van der Waals surface area (Å²) >= 11 is 1.50. The van der Waals surface area contributed by atoms with Gasteiger partial charge < -0.3 is 0 Å². The summed E-state index contributed by atoms with van der Waals surface area (Å²) in [5.74, 6) is 1.20. The van der Waals surface area contributed by atoms with Crippen LogP contribution in [0, 0.1) is 0 Å². The van der Waals surface area contributed by atoms with Crippen molar-refractivity contribution in [2.75, 3.05) is 0 Å². The molecular formula is C11H11N5S. The van der Waals surface area contributed by atoms with Crippen molar-refractivity contribution in [2.24, 2.45) is 0 Å². The lowest BCUT2D eigenvalue weighted by molar-refractivity contribution is 0.726. The van der Waals surface area contributed by atoms with Crippen LogP contribution in [0.3, 0.4) is 0 Å². The molecule has 86 valence electrons. The average molecular weight is 245 g/mol. The molecular weight excluding hydrogens is 234 g/mol. The highest BCUT2D eigenvalue weighted by Gasteiger charge is 2.15. The molecule has 0 unspecified atom stereocenters. The van der Waals surface area contributed by atoms with Crippen LogP contribution in [0.5, 0.6) is 0 Å². The predicted molar refractivity (Wildman–Crippen MR) is 66.0 cm³/mol. The molecule has 0 amide bonds. The van der Waals surface area contributed by atoms with E-state index < -0.39 is 0 Å². The highest BCUT2D eigenvalue weighted by Crippen LogP contribution is 2.24. The lowest BCUT2D eigenvalue weighted by atomic mass is 10.2. The van der Waals surface area contributed by atoms with E-state index in [-0.39, 0.29) is 0 Å². The first-order valence-electron chi connectivity index (χ1n) is 5.39. The van der Waals surface area contributed by atoms with E-state index in [1.807, 2.05) is 18.2 Å². The number of aromatic nitrogens is 5. The fraction of sp³-hybridized carbons (Fsp3) is 0.273. The van der Waals surface area contributed by atoms with Crippen LogP contribution in [0.4, 0.5) is 0 Å². The zero-order chi connectivity index (χ0) is 11.8. The topological polar surface area (TPSA) is 56.0 Å². The van der Waals surface area contributed by atoms with E-state index in [9.17, 15) is 0 Å². The smallest absolute Gasteiger partial charge is 0.235 e. The summed E-state index contributed by atoms with van der Waals surface area (Å²) in [6.07, 6.45) is 1.76. The van der Waals surface area contributed by atoms with E-state index >= 15 is 0 Å². The summed E-state index contributed by atoms with van der Waals surface area (Å²) in [4.78, 5) is 5.10. The third-order valence-corrected chi connectivity index (χ3v) is 3.34. The fourth-order valence-corrected chi connectivity index (χ4v) is 2.41. The van der Waals surface area contributed by atoms with Gasteiger partial charge in [-0.3, -0.25) is 4.98 Å². The molecule has 0 aliphatic heterocycles. The zero-order valence-electron chi connectivity index (χ0n) is 9.53. The second kappa shape index (κ2) is 3.89. The molecule has 0 atom stereocenters. The second-order valence-electron chi connectivity index (χ2n) is 4.03. The van der Waals surface area contributed by atoms with Gasteiger partial charge in [0.25, 0.3) is 0 Å². The molecule has 3 aromatic heterocycles. The number of hydrogen-bond acceptors (Lipinski definition) is 5. The third kappa shape index (κ3) is 1.70. The van der Waals surface area contributed by atoms with Crippen LogP contribution in [-0.4, -0.2) is 24.8 Å². The van der Waals surface area contributed by atoms with E-state index in [1.54, 1.807) is 10.7 Å². The monoisotopic (exact) mass is 245 g/mol. The molecule has 0 fully saturated rings. The van der Waals surface area contributed by atoms with Crippen molar-refractivity contribution in [3.8, 4) is 10.7 Å². The third-order valence-electron chi connectivity index (χ3n) is 2.42. The standard InChI is InChI=1S/C11H11N5S/c1-7(2)9-13-14-11-16(9)15-10(17-11)8-5-3-4-6-12-8/h3-7H,1-2H3. The zero-order valence-corrected chi connectivity index (χ0v) is 10.3. The largest absolute Gasteiger partial charge is 0.254 e. The van der Waals surface area contributed by atoms with Crippen molar-refractivity contribution in [1.82, 2.24) is 24.8 Å². The summed E-state index contributed by atoms with van der Waals surface area (Å²) < 4.78 is 1.80. The van der Waals surface area contributed by atoms with Crippen LogP contribution >= 0.6 is 11.3 Å². The Morgan fingerprint density at radius 2 is 2.12 bits per heavy atom. The minimum atomic E-state index is 0.309. The maximum absolute atomic E-state index is 4.51. The van der Waals surface area contributed by atoms with Crippen molar-refractivity contribution in [3.05, 3.63) is 30.2 Å². The minimum Gasteiger partial charge on any atom is -0.254 e. The summed E-state index contributed by atoms with van der Waals surface area (Å²) in [5.41, 5.74) is 0.873. The van der Waals surface area contributed by atoms with E-state index in [1.165, 1.54) is 11.3 Å². The van der Waals surface area contributed by atoms with E-state index in [4.69, 9.17) is 0 Å². The molecule has 0 N–H and O–H groups in total. The van der Waals surface area contributed by atoms with Gasteiger partial charge in [0.05, 0.1) is 0 Å². The van der Waals surface area contributed by atoms with Gasteiger partial charge in [-0.15, -0.1) is 10.2 Å². The molecule has 5 nitrogen and oxygen atoms in total. The highest BCUT2D eigenvalue weighted by atomic mass is 32.1. The lowest BCUT2D eigenvalue weighted by Gasteiger charge is -1.97. The number of rotatable bonds is 2. The van der Waals surface area contributed by atoms with Crippen LogP contribution in [0.15, 0.2) is 24.4 Å². The Bertz CT molecular complexity index is 640. The van der Waals surface area contributed by atoms with Crippen LogP contribution in [0.2, 0.25) is 0 Å². The number of hydrogen-bond donors (Lipinski definition) is 0. The molecule has 3 rings (SSSR count). The maximum atomic E-state index is 4.51. The van der Waals surface area contributed by atoms with E-state index in [2.05, 4.69) is 34.1 Å². The Balaban J connectivity index is 2.15. The molecule has 0 radical (unpaired) electrons. The fourth-order valence-electron chi connectivity index (χ4n) is 1.58. The molecule has 17 heavy (non-hydrogen) atoms. The number of fused-ring (bicyclic) bond motifs is 1. The Morgan fingerprint density at radius 1 is 1.24 bits per heavy atom. The highest BCUT2D eigenvalue weighted by molar-refractivity contribution is 7.19. The molecule has 6 heteroatoms. The predicted octanol–water partition coefficient (Wildman–Crippen LogP) is 2.37. The quantitative estimate of drug-likeness (QED) is 0.695. The van der Waals surface area contributed by atoms with Gasteiger partial charge >= 0.3 is 0 Å². The Morgan fingerprint density at radius 3 is 2.82 bits per heavy atom. The first kappa shape index (κ1) is 10.3. The second-order valence-corrected chi connectivity index (χ2v) is 4.99. The van der Waals surface area contributed by atoms with Gasteiger partial charge in [-0.1, -0.05) is 31.3 Å². The molecule has 3 aromatic rings. The van der Waals surface area contributed by atoms with Crippen molar-refractivity contribution < 1.29 is 0 Å². The van der Waals surface area contributed by atoms with Crippen LogP contribution in [0.1, 0.15) is 25.6 Å². The van der Waals surface area contributed by atoms with Gasteiger partial charge in [0.15, 0.2) is 10.8 Å². The molecule has 0 aliphatic carbocycles. The first-order valence-corrected chi connectivity index (χ1v) is 6.21. The molecule has 0 saturated heterocycles. The van der Waals surface area contributed by atoms with E-state index in [0.717, 1.165) is 21.5 Å². The SMILES string of the molecule is CC(C)c1nnc2sc(-c3ccccn3)nn12. The van der Waals surface area contributed by atoms with Gasteiger partial charge in [0.1, 0.15) is 5.69 Å². The normalized spacial score (nSPS) is 11.5. The van der Waals surface area contributed by atoms with Crippen LogP contribution in [-0.2, 0) is 0 Å². The van der Waals surface area contributed by atoms with Gasteiger partial charge in [-0.2, -0.15) is 9.61 Å². The Hall–Kier alpha value is -1.82. The van der Waals surface area contributed by atoms with E-state index in [0.29, 0.717) is 5.92 Å². The van der Waals surface area contributed by atoms with Gasteiger partial charge in [-0.25, -0.2) is 0 Å². The molecule has 0 saturated carbocycles. The molecule has 0 spiro atoms. The van der Waals surface area contributed by atoms with Gasteiger partial charge in [0, 0.05) is 12.1 Å². The average Bonchev–Trinajstić information content (AvgIpc) is 2.88. The molecule has 0 aromatic carbocycles. The number of nitrogens with zero attached hydrogens (tertiary/aromatic N) is 5. The molecule has 0 aliphatic rings. The summed E-state index contributed by atoms with van der Waals surface area (Å²) in [6, 6.07) is 5.79. The van der Waals surface area contributed by atoms with Crippen molar-refractivity contribution in [3.63, 3.8) is 0 Å². The molecule has 3 heterocycles. The Labute approximate surface area is 102 Å². The van der Waals surface area contributed by atoms with Crippen molar-refractivity contribution in [2.45, 2.75) is 19.8 Å². The first-order chi connectivity index (χ1) is 8.25. The summed E-state index contributed by atoms with van der Waals surface area (Å²) in [7, 11) is 0. The van der Waals surface area contributed by atoms with Crippen LogP contribution < -0.4 is 0 Å². The Kier molecular flexibility index (Phi) is 2.36. The van der Waals surface area contributed by atoms with Crippen molar-refractivity contribution in [1.29, 1.82) is 0 Å². The van der Waals surface area contributed by atoms with Crippen molar-refractivity contribution >= 4 is 16.3 Å². The van der Waals surface area contributed by atoms with Gasteiger partial charge in [0.2, 0.25) is 4.96 Å².